The van der Waals surface area contributed by atoms with Crippen LogP contribution in [0.4, 0.5) is 0 Å². The highest BCUT2D eigenvalue weighted by molar-refractivity contribution is 7.89. The number of aliphatic hydroxyl groups is 1. The van der Waals surface area contributed by atoms with E-state index in [-0.39, 0.29) is 11.3 Å². The van der Waals surface area contributed by atoms with Crippen molar-refractivity contribution in [1.82, 2.24) is 4.31 Å². The van der Waals surface area contributed by atoms with Crippen molar-refractivity contribution in [1.29, 1.82) is 0 Å². The Kier molecular flexibility index (Phi) is 5.32. The number of hydrogen-bond donors (Lipinski definition) is 1. The summed E-state index contributed by atoms with van der Waals surface area (Å²) in [5.74, 6) is 1.41. The third-order valence-electron chi connectivity index (χ3n) is 4.90. The zero-order valence-electron chi connectivity index (χ0n) is 15.7. The summed E-state index contributed by atoms with van der Waals surface area (Å²) >= 11 is 0. The van der Waals surface area contributed by atoms with Crippen LogP contribution in [0.1, 0.15) is 17.2 Å². The normalized spacial score (nSPS) is 21.4. The number of nitrogens with zero attached hydrogens (tertiary/aromatic N) is 1. The van der Waals surface area contributed by atoms with E-state index in [1.165, 1.54) is 38.7 Å². The van der Waals surface area contributed by atoms with E-state index >= 15 is 0 Å². The van der Waals surface area contributed by atoms with Gasteiger partial charge in [0.1, 0.15) is 0 Å². The van der Waals surface area contributed by atoms with Gasteiger partial charge in [-0.1, -0.05) is 18.2 Å². The lowest BCUT2D eigenvalue weighted by molar-refractivity contribution is 0.0891. The fourth-order valence-corrected chi connectivity index (χ4v) is 5.03. The molecule has 0 aromatic heterocycles. The molecule has 0 bridgehead atoms. The van der Waals surface area contributed by atoms with Crippen LogP contribution in [0.3, 0.4) is 0 Å². The van der Waals surface area contributed by atoms with Gasteiger partial charge < -0.3 is 19.3 Å². The summed E-state index contributed by atoms with van der Waals surface area (Å²) in [5, 5.41) is 10.8. The molecular weight excluding hydrogens is 370 g/mol. The lowest BCUT2D eigenvalue weighted by atomic mass is 9.95. The first-order valence-electron chi connectivity index (χ1n) is 8.39. The van der Waals surface area contributed by atoms with Gasteiger partial charge >= 0.3 is 0 Å². The van der Waals surface area contributed by atoms with Gasteiger partial charge in [-0.25, -0.2) is 8.42 Å². The predicted octanol–water partition coefficient (Wildman–Crippen LogP) is 1.99. The number of benzene rings is 2. The van der Waals surface area contributed by atoms with E-state index in [4.69, 9.17) is 14.2 Å². The molecule has 3 rings (SSSR count). The molecule has 0 radical (unpaired) electrons. The summed E-state index contributed by atoms with van der Waals surface area (Å²) in [5.41, 5.74) is 1.17. The highest BCUT2D eigenvalue weighted by atomic mass is 32.2. The molecule has 2 aromatic carbocycles. The Morgan fingerprint density at radius 3 is 2.19 bits per heavy atom. The summed E-state index contributed by atoms with van der Waals surface area (Å²) in [6.07, 6.45) is -0.670. The van der Waals surface area contributed by atoms with Gasteiger partial charge in [-0.2, -0.15) is 4.31 Å². The van der Waals surface area contributed by atoms with Crippen LogP contribution in [-0.2, 0) is 16.4 Å². The van der Waals surface area contributed by atoms with Gasteiger partial charge in [0.05, 0.1) is 38.4 Å². The number of likely N-dealkylation sites (N-methyl/N-ethyl adjacent to an activating group) is 1. The minimum Gasteiger partial charge on any atom is -0.493 e. The molecular formula is C19H23NO6S. The molecule has 0 saturated heterocycles. The second-order valence-corrected chi connectivity index (χ2v) is 8.27. The van der Waals surface area contributed by atoms with Gasteiger partial charge in [0.25, 0.3) is 0 Å². The fraction of sp³-hybridized carbons (Fsp3) is 0.368. The maximum atomic E-state index is 12.8. The highest BCUT2D eigenvalue weighted by Gasteiger charge is 2.41. The lowest BCUT2D eigenvalue weighted by Crippen LogP contribution is -2.46. The molecule has 1 N–H and O–H groups in total. The molecule has 2 atom stereocenters. The van der Waals surface area contributed by atoms with Crippen molar-refractivity contribution >= 4 is 10.0 Å². The van der Waals surface area contributed by atoms with Crippen LogP contribution >= 0.6 is 0 Å². The Hall–Kier alpha value is -2.29. The Balaban J connectivity index is 2.03. The van der Waals surface area contributed by atoms with E-state index in [0.29, 0.717) is 22.8 Å². The Labute approximate surface area is 159 Å². The first-order valence-corrected chi connectivity index (χ1v) is 9.83. The van der Waals surface area contributed by atoms with E-state index in [1.54, 1.807) is 30.3 Å². The standard InChI is InChI=1S/C19H23NO6S/c1-20-14(18(21)13-7-5-6-8-17(13)27(20,22)23)9-12-10-15(24-2)19(26-4)16(11-12)25-3/h5-8,10-11,14,18,21H,9H2,1-4H3. The molecule has 1 aliphatic rings. The summed E-state index contributed by atoms with van der Waals surface area (Å²) in [6, 6.07) is 9.39. The van der Waals surface area contributed by atoms with Crippen molar-refractivity contribution in [3.63, 3.8) is 0 Å². The maximum absolute atomic E-state index is 12.8. The summed E-state index contributed by atoms with van der Waals surface area (Å²) < 4.78 is 42.9. The first-order chi connectivity index (χ1) is 12.8. The monoisotopic (exact) mass is 393 g/mol. The molecule has 2 aromatic rings. The van der Waals surface area contributed by atoms with Gasteiger partial charge in [-0.3, -0.25) is 0 Å². The van der Waals surface area contributed by atoms with Crippen LogP contribution in [0, 0.1) is 0 Å². The molecule has 0 saturated carbocycles. The molecule has 0 amide bonds. The van der Waals surface area contributed by atoms with Gasteiger partial charge in [0.2, 0.25) is 15.8 Å². The van der Waals surface area contributed by atoms with Crippen LogP contribution in [0.15, 0.2) is 41.3 Å². The average Bonchev–Trinajstić information content (AvgIpc) is 2.69. The van der Waals surface area contributed by atoms with Crippen LogP contribution in [0.2, 0.25) is 0 Å². The molecule has 8 heteroatoms. The quantitative estimate of drug-likeness (QED) is 0.836. The van der Waals surface area contributed by atoms with Crippen molar-refractivity contribution in [2.75, 3.05) is 28.4 Å². The number of ether oxygens (including phenoxy) is 3. The summed E-state index contributed by atoms with van der Waals surface area (Å²) in [6.45, 7) is 0. The van der Waals surface area contributed by atoms with Gasteiger partial charge in [-0.15, -0.1) is 0 Å². The van der Waals surface area contributed by atoms with Crippen LogP contribution in [0.25, 0.3) is 0 Å². The molecule has 27 heavy (non-hydrogen) atoms. The number of fused-ring (bicyclic) bond motifs is 1. The summed E-state index contributed by atoms with van der Waals surface area (Å²) in [4.78, 5) is 0.140. The molecule has 0 aliphatic carbocycles. The van der Waals surface area contributed by atoms with E-state index in [9.17, 15) is 13.5 Å². The van der Waals surface area contributed by atoms with E-state index in [1.807, 2.05) is 0 Å². The van der Waals surface area contributed by atoms with Crippen LogP contribution in [0.5, 0.6) is 17.2 Å². The predicted molar refractivity (Wildman–Crippen MR) is 99.9 cm³/mol. The minimum absolute atomic E-state index is 0.140. The van der Waals surface area contributed by atoms with Crippen molar-refractivity contribution in [3.8, 4) is 17.2 Å². The largest absolute Gasteiger partial charge is 0.493 e. The average molecular weight is 393 g/mol. The van der Waals surface area contributed by atoms with Crippen LogP contribution < -0.4 is 14.2 Å². The SMILES string of the molecule is COc1cc(CC2C(O)c3ccccc3S(=O)(=O)N2C)cc(OC)c1OC. The van der Waals surface area contributed by atoms with E-state index < -0.39 is 22.2 Å². The molecule has 2 unspecified atom stereocenters. The maximum Gasteiger partial charge on any atom is 0.243 e. The van der Waals surface area contributed by atoms with E-state index in [2.05, 4.69) is 0 Å². The molecule has 7 nitrogen and oxygen atoms in total. The Bertz CT molecular complexity index is 918. The number of aliphatic hydroxyl groups excluding tert-OH is 1. The Morgan fingerprint density at radius 2 is 1.63 bits per heavy atom. The smallest absolute Gasteiger partial charge is 0.243 e. The third kappa shape index (κ3) is 3.24. The lowest BCUT2D eigenvalue weighted by Gasteiger charge is -2.37. The Morgan fingerprint density at radius 1 is 1.04 bits per heavy atom. The molecule has 1 aliphatic heterocycles. The van der Waals surface area contributed by atoms with Crippen molar-refractivity contribution < 1.29 is 27.7 Å². The minimum atomic E-state index is -3.68. The second-order valence-electron chi connectivity index (χ2n) is 6.31. The van der Waals surface area contributed by atoms with Crippen molar-refractivity contribution in [3.05, 3.63) is 47.5 Å². The van der Waals surface area contributed by atoms with Gasteiger partial charge in [0.15, 0.2) is 11.5 Å². The number of rotatable bonds is 5. The zero-order chi connectivity index (χ0) is 19.8. The molecule has 0 fully saturated rings. The molecule has 0 spiro atoms. The second kappa shape index (κ2) is 7.38. The van der Waals surface area contributed by atoms with E-state index in [0.717, 1.165) is 5.56 Å². The van der Waals surface area contributed by atoms with Crippen molar-refractivity contribution in [2.24, 2.45) is 0 Å². The number of hydrogen-bond acceptors (Lipinski definition) is 6. The zero-order valence-corrected chi connectivity index (χ0v) is 16.5. The fourth-order valence-electron chi connectivity index (χ4n) is 3.43. The highest BCUT2D eigenvalue weighted by Crippen LogP contribution is 2.41. The van der Waals surface area contributed by atoms with Gasteiger partial charge in [0, 0.05) is 12.6 Å². The van der Waals surface area contributed by atoms with Gasteiger partial charge in [-0.05, 0) is 30.2 Å². The topological polar surface area (TPSA) is 85.3 Å². The van der Waals surface area contributed by atoms with Crippen molar-refractivity contribution in [2.45, 2.75) is 23.5 Å². The molecule has 146 valence electrons. The summed E-state index contributed by atoms with van der Waals surface area (Å²) in [7, 11) is 2.35. The number of sulfonamides is 1. The van der Waals surface area contributed by atoms with Crippen LogP contribution in [-0.4, -0.2) is 52.2 Å². The number of methoxy groups -OCH3 is 3. The third-order valence-corrected chi connectivity index (χ3v) is 6.85. The first kappa shape index (κ1) is 19.5. The molecule has 1 heterocycles.